The fraction of sp³-hybridized carbons (Fsp3) is 0.636. The Labute approximate surface area is 109 Å². The molecule has 0 spiro atoms. The Morgan fingerprint density at radius 1 is 1.71 bits per heavy atom. The van der Waals surface area contributed by atoms with E-state index in [0.717, 1.165) is 37.1 Å². The van der Waals surface area contributed by atoms with Gasteiger partial charge in [0.1, 0.15) is 0 Å². The van der Waals surface area contributed by atoms with E-state index in [1.807, 2.05) is 10.9 Å². The molecule has 0 aliphatic carbocycles. The average molecular weight is 301 g/mol. The molecule has 0 bridgehead atoms. The van der Waals surface area contributed by atoms with Crippen molar-refractivity contribution in [2.24, 2.45) is 0 Å². The molecule has 0 aromatic carbocycles. The molecule has 0 saturated carbocycles. The third-order valence-corrected chi connectivity index (χ3v) is 3.27. The second-order valence-electron chi connectivity index (χ2n) is 4.46. The number of carbonyl (C=O) groups excluding carboxylic acids is 1. The molecule has 1 aromatic rings. The first-order valence-electron chi connectivity index (χ1n) is 5.81. The Balaban J connectivity index is 1.87. The summed E-state index contributed by atoms with van der Waals surface area (Å²) in [6.07, 6.45) is 5.93. The zero-order valence-electron chi connectivity index (χ0n) is 9.90. The van der Waals surface area contributed by atoms with Crippen LogP contribution in [0.25, 0.3) is 0 Å². The average Bonchev–Trinajstić information content (AvgIpc) is 2.63. The summed E-state index contributed by atoms with van der Waals surface area (Å²) in [6, 6.07) is 0.278. The molecule has 1 aromatic heterocycles. The number of halogens is 1. The Kier molecular flexibility index (Phi) is 4.17. The van der Waals surface area contributed by atoms with Crippen LogP contribution < -0.4 is 5.32 Å². The van der Waals surface area contributed by atoms with Gasteiger partial charge in [0.15, 0.2) is 0 Å². The molecular weight excluding hydrogens is 284 g/mol. The van der Waals surface area contributed by atoms with Gasteiger partial charge in [-0.25, -0.2) is 0 Å². The SMILES string of the molecule is CC(=O)NC1CCCN(Cn2cc(Br)cn2)C1. The fourth-order valence-electron chi connectivity index (χ4n) is 2.21. The van der Waals surface area contributed by atoms with Gasteiger partial charge in [-0.2, -0.15) is 5.10 Å². The molecule has 1 amide bonds. The third kappa shape index (κ3) is 3.81. The van der Waals surface area contributed by atoms with E-state index in [-0.39, 0.29) is 11.9 Å². The summed E-state index contributed by atoms with van der Waals surface area (Å²) in [4.78, 5) is 13.3. The van der Waals surface area contributed by atoms with E-state index in [2.05, 4.69) is 31.2 Å². The first-order chi connectivity index (χ1) is 8.13. The smallest absolute Gasteiger partial charge is 0.217 e. The number of piperidine rings is 1. The molecule has 1 aliphatic rings. The number of nitrogens with zero attached hydrogens (tertiary/aromatic N) is 3. The molecule has 1 unspecified atom stereocenters. The van der Waals surface area contributed by atoms with Gasteiger partial charge in [0.2, 0.25) is 5.91 Å². The van der Waals surface area contributed by atoms with Gasteiger partial charge < -0.3 is 5.32 Å². The number of amides is 1. The summed E-state index contributed by atoms with van der Waals surface area (Å²) >= 11 is 3.38. The van der Waals surface area contributed by atoms with Gasteiger partial charge in [-0.05, 0) is 28.8 Å². The number of rotatable bonds is 3. The van der Waals surface area contributed by atoms with Crippen molar-refractivity contribution in [3.63, 3.8) is 0 Å². The van der Waals surface area contributed by atoms with E-state index in [1.54, 1.807) is 13.1 Å². The largest absolute Gasteiger partial charge is 0.352 e. The topological polar surface area (TPSA) is 50.2 Å². The first kappa shape index (κ1) is 12.6. The van der Waals surface area contributed by atoms with Crippen molar-refractivity contribution < 1.29 is 4.79 Å². The van der Waals surface area contributed by atoms with E-state index in [1.165, 1.54) is 0 Å². The molecule has 0 radical (unpaired) electrons. The van der Waals surface area contributed by atoms with Crippen LogP contribution in [-0.4, -0.2) is 39.7 Å². The monoisotopic (exact) mass is 300 g/mol. The van der Waals surface area contributed by atoms with Crippen molar-refractivity contribution >= 4 is 21.8 Å². The van der Waals surface area contributed by atoms with Gasteiger partial charge in [0, 0.05) is 32.3 Å². The number of likely N-dealkylation sites (tertiary alicyclic amines) is 1. The van der Waals surface area contributed by atoms with Crippen LogP contribution in [-0.2, 0) is 11.5 Å². The van der Waals surface area contributed by atoms with Gasteiger partial charge in [-0.15, -0.1) is 0 Å². The lowest BCUT2D eigenvalue weighted by Gasteiger charge is -2.32. The highest BCUT2D eigenvalue weighted by Gasteiger charge is 2.20. The van der Waals surface area contributed by atoms with Crippen LogP contribution in [0.5, 0.6) is 0 Å². The van der Waals surface area contributed by atoms with E-state index < -0.39 is 0 Å². The van der Waals surface area contributed by atoms with E-state index in [0.29, 0.717) is 0 Å². The number of nitrogens with one attached hydrogen (secondary N) is 1. The Morgan fingerprint density at radius 2 is 2.53 bits per heavy atom. The van der Waals surface area contributed by atoms with Crippen LogP contribution in [0.15, 0.2) is 16.9 Å². The summed E-state index contributed by atoms with van der Waals surface area (Å²) in [6.45, 7) is 4.32. The van der Waals surface area contributed by atoms with Crippen molar-refractivity contribution in [3.05, 3.63) is 16.9 Å². The normalized spacial score (nSPS) is 21.4. The molecule has 2 heterocycles. The summed E-state index contributed by atoms with van der Waals surface area (Å²) in [5.74, 6) is 0.0543. The summed E-state index contributed by atoms with van der Waals surface area (Å²) in [5, 5.41) is 7.22. The fourth-order valence-corrected chi connectivity index (χ4v) is 2.54. The van der Waals surface area contributed by atoms with Gasteiger partial charge in [-0.1, -0.05) is 0 Å². The van der Waals surface area contributed by atoms with Gasteiger partial charge in [0.25, 0.3) is 0 Å². The maximum absolute atomic E-state index is 11.0. The van der Waals surface area contributed by atoms with Crippen LogP contribution in [0.4, 0.5) is 0 Å². The molecule has 1 atom stereocenters. The predicted molar refractivity (Wildman–Crippen MR) is 68.3 cm³/mol. The molecule has 1 aliphatic heterocycles. The second kappa shape index (κ2) is 5.64. The van der Waals surface area contributed by atoms with Gasteiger partial charge >= 0.3 is 0 Å². The quantitative estimate of drug-likeness (QED) is 0.913. The predicted octanol–water partition coefficient (Wildman–Crippen LogP) is 1.20. The standard InChI is InChI=1S/C11H17BrN4O/c1-9(17)14-11-3-2-4-15(7-11)8-16-6-10(12)5-13-16/h5-6,11H,2-4,7-8H2,1H3,(H,14,17). The highest BCUT2D eigenvalue weighted by molar-refractivity contribution is 9.10. The lowest BCUT2D eigenvalue weighted by atomic mass is 10.1. The maximum Gasteiger partial charge on any atom is 0.217 e. The molecule has 6 heteroatoms. The number of carbonyl (C=O) groups is 1. The van der Waals surface area contributed by atoms with E-state index >= 15 is 0 Å². The molecule has 2 rings (SSSR count). The number of hydrogen-bond donors (Lipinski definition) is 1. The van der Waals surface area contributed by atoms with E-state index in [9.17, 15) is 4.79 Å². The van der Waals surface area contributed by atoms with Gasteiger partial charge in [0.05, 0.1) is 17.3 Å². The maximum atomic E-state index is 11.0. The lowest BCUT2D eigenvalue weighted by molar-refractivity contribution is -0.120. The highest BCUT2D eigenvalue weighted by Crippen LogP contribution is 2.12. The van der Waals surface area contributed by atoms with Crippen LogP contribution in [0, 0.1) is 0 Å². The number of aromatic nitrogens is 2. The zero-order chi connectivity index (χ0) is 12.3. The Bertz CT molecular complexity index is 393. The van der Waals surface area contributed by atoms with Crippen molar-refractivity contribution in [1.29, 1.82) is 0 Å². The third-order valence-electron chi connectivity index (χ3n) is 2.86. The van der Waals surface area contributed by atoms with Crippen molar-refractivity contribution in [1.82, 2.24) is 20.0 Å². The lowest BCUT2D eigenvalue weighted by Crippen LogP contribution is -2.47. The Hall–Kier alpha value is -0.880. The number of hydrogen-bond acceptors (Lipinski definition) is 3. The minimum Gasteiger partial charge on any atom is -0.352 e. The second-order valence-corrected chi connectivity index (χ2v) is 5.37. The molecule has 1 N–H and O–H groups in total. The van der Waals surface area contributed by atoms with Crippen molar-refractivity contribution in [2.75, 3.05) is 13.1 Å². The van der Waals surface area contributed by atoms with Crippen LogP contribution in [0.2, 0.25) is 0 Å². The molecule has 17 heavy (non-hydrogen) atoms. The molecular formula is C11H17BrN4O. The zero-order valence-corrected chi connectivity index (χ0v) is 11.5. The van der Waals surface area contributed by atoms with E-state index in [4.69, 9.17) is 0 Å². The minimum atomic E-state index is 0.0543. The molecule has 94 valence electrons. The van der Waals surface area contributed by atoms with Crippen LogP contribution in [0.1, 0.15) is 19.8 Å². The Morgan fingerprint density at radius 3 is 3.18 bits per heavy atom. The minimum absolute atomic E-state index is 0.0543. The van der Waals surface area contributed by atoms with Crippen LogP contribution >= 0.6 is 15.9 Å². The molecule has 1 fully saturated rings. The highest BCUT2D eigenvalue weighted by atomic mass is 79.9. The first-order valence-corrected chi connectivity index (χ1v) is 6.60. The van der Waals surface area contributed by atoms with Crippen molar-refractivity contribution in [2.45, 2.75) is 32.5 Å². The molecule has 1 saturated heterocycles. The van der Waals surface area contributed by atoms with Crippen molar-refractivity contribution in [3.8, 4) is 0 Å². The summed E-state index contributed by atoms with van der Waals surface area (Å²) in [7, 11) is 0. The van der Waals surface area contributed by atoms with Gasteiger partial charge in [-0.3, -0.25) is 14.4 Å². The van der Waals surface area contributed by atoms with Crippen LogP contribution in [0.3, 0.4) is 0 Å². The summed E-state index contributed by atoms with van der Waals surface area (Å²) < 4.78 is 2.90. The summed E-state index contributed by atoms with van der Waals surface area (Å²) in [5.41, 5.74) is 0. The molecule has 5 nitrogen and oxygen atoms in total.